The van der Waals surface area contributed by atoms with Gasteiger partial charge in [-0.3, -0.25) is 14.4 Å². The van der Waals surface area contributed by atoms with E-state index in [1.807, 2.05) is 0 Å². The van der Waals surface area contributed by atoms with Gasteiger partial charge in [0, 0.05) is 59.6 Å². The van der Waals surface area contributed by atoms with Crippen molar-refractivity contribution in [1.82, 2.24) is 5.32 Å². The van der Waals surface area contributed by atoms with E-state index in [4.69, 9.17) is 23.2 Å². The Bertz CT molecular complexity index is 1540. The van der Waals surface area contributed by atoms with Crippen molar-refractivity contribution in [3.05, 3.63) is 98.0 Å². The fourth-order valence-corrected chi connectivity index (χ4v) is 5.21. The van der Waals surface area contributed by atoms with Gasteiger partial charge in [-0.15, -0.1) is 0 Å². The van der Waals surface area contributed by atoms with E-state index < -0.39 is 17.7 Å². The number of rotatable bonds is 8. The number of carbonyl (C=O) groups excluding carboxylic acids is 3. The summed E-state index contributed by atoms with van der Waals surface area (Å²) in [4.78, 5) is 40.4. The molecule has 1 aliphatic rings. The van der Waals surface area contributed by atoms with Gasteiger partial charge in [-0.1, -0.05) is 51.8 Å². The molecule has 0 spiro atoms. The van der Waals surface area contributed by atoms with Crippen molar-refractivity contribution in [3.8, 4) is 0 Å². The number of halogens is 5. The Morgan fingerprint density at radius 2 is 1.57 bits per heavy atom. The summed E-state index contributed by atoms with van der Waals surface area (Å²) in [6, 6.07) is 14.7. The molecule has 3 aromatic carbocycles. The maximum Gasteiger partial charge on any atom is 0.258 e. The Kier molecular flexibility index (Phi) is 9.91. The summed E-state index contributed by atoms with van der Waals surface area (Å²) < 4.78 is 28.5. The Labute approximate surface area is 260 Å². The summed E-state index contributed by atoms with van der Waals surface area (Å²) in [5.74, 6) is -4.24. The Balaban J connectivity index is 1.62. The molecule has 1 saturated heterocycles. The van der Waals surface area contributed by atoms with Gasteiger partial charge in [-0.2, -0.15) is 0 Å². The number of amides is 3. The van der Waals surface area contributed by atoms with E-state index in [9.17, 15) is 23.2 Å². The van der Waals surface area contributed by atoms with Gasteiger partial charge >= 0.3 is 0 Å². The molecule has 3 aromatic rings. The SMILES string of the molecule is C=C(C)C(=O)NCc1ccc(Cl)c(C(=O)Nc2ccc(N3CCC(F)(F)CC3)c(C(=O)Nc3ccc(Br)cc3)c2)c1Cl. The number of piperidine rings is 1. The quantitative estimate of drug-likeness (QED) is 0.213. The van der Waals surface area contributed by atoms with Crippen molar-refractivity contribution in [2.45, 2.75) is 32.2 Å². The molecular weight excluding hydrogens is 653 g/mol. The average molecular weight is 680 g/mol. The van der Waals surface area contributed by atoms with Crippen LogP contribution in [0.4, 0.5) is 25.8 Å². The lowest BCUT2D eigenvalue weighted by atomic mass is 10.0. The normalized spacial score (nSPS) is 14.2. The minimum absolute atomic E-state index is 0.0105. The van der Waals surface area contributed by atoms with Crippen molar-refractivity contribution in [1.29, 1.82) is 0 Å². The van der Waals surface area contributed by atoms with Gasteiger partial charge in [0.2, 0.25) is 5.91 Å². The van der Waals surface area contributed by atoms with Crippen LogP contribution in [0.2, 0.25) is 10.0 Å². The lowest BCUT2D eigenvalue weighted by molar-refractivity contribution is -0.117. The molecule has 0 aliphatic carbocycles. The van der Waals surface area contributed by atoms with E-state index >= 15 is 0 Å². The van der Waals surface area contributed by atoms with Gasteiger partial charge in [0.05, 0.1) is 21.2 Å². The summed E-state index contributed by atoms with van der Waals surface area (Å²) in [5.41, 5.74) is 2.22. The van der Waals surface area contributed by atoms with Crippen LogP contribution >= 0.6 is 39.1 Å². The molecule has 0 atom stereocenters. The first-order chi connectivity index (χ1) is 19.8. The van der Waals surface area contributed by atoms with Gasteiger partial charge in [-0.25, -0.2) is 8.78 Å². The average Bonchev–Trinajstić information content (AvgIpc) is 2.93. The number of nitrogens with zero attached hydrogens (tertiary/aromatic N) is 1. The van der Waals surface area contributed by atoms with Gasteiger partial charge in [0.1, 0.15) is 0 Å². The first kappa shape index (κ1) is 31.5. The fraction of sp³-hybridized carbons (Fsp3) is 0.233. The standard InChI is InChI=1S/C30H27BrCl2F2N4O3/c1-17(2)27(40)36-16-18-3-9-23(32)25(26(18)33)29(42)38-21-8-10-24(39-13-11-30(34,35)12-14-39)22(15-21)28(41)37-20-6-4-19(31)5-7-20/h3-10,15H,1,11-14,16H2,2H3,(H,36,40)(H,37,41)(H,38,42). The number of carbonyl (C=O) groups is 3. The number of nitrogens with one attached hydrogen (secondary N) is 3. The third-order valence-corrected chi connectivity index (χ3v) is 7.94. The van der Waals surface area contributed by atoms with Gasteiger partial charge < -0.3 is 20.9 Å². The van der Waals surface area contributed by atoms with E-state index in [0.717, 1.165) is 4.47 Å². The molecule has 0 radical (unpaired) electrons. The Hall–Kier alpha value is -3.47. The number of alkyl halides is 2. The molecule has 7 nitrogen and oxygen atoms in total. The monoisotopic (exact) mass is 678 g/mol. The van der Waals surface area contributed by atoms with Gasteiger partial charge in [0.15, 0.2) is 0 Å². The molecule has 0 bridgehead atoms. The van der Waals surface area contributed by atoms with Gasteiger partial charge in [0.25, 0.3) is 17.7 Å². The molecule has 3 N–H and O–H groups in total. The third-order valence-electron chi connectivity index (χ3n) is 6.66. The smallest absolute Gasteiger partial charge is 0.258 e. The summed E-state index contributed by atoms with van der Waals surface area (Å²) in [5, 5.41) is 8.36. The lowest BCUT2D eigenvalue weighted by Gasteiger charge is -2.34. The molecule has 0 unspecified atom stereocenters. The van der Waals surface area contributed by atoms with Crippen LogP contribution in [0, 0.1) is 0 Å². The molecule has 1 aliphatic heterocycles. The highest BCUT2D eigenvalue weighted by molar-refractivity contribution is 9.10. The number of hydrogen-bond acceptors (Lipinski definition) is 4. The second-order valence-corrected chi connectivity index (χ2v) is 11.5. The molecule has 1 heterocycles. The minimum atomic E-state index is -2.76. The fourth-order valence-electron chi connectivity index (χ4n) is 4.34. The van der Waals surface area contributed by atoms with Gasteiger partial charge in [-0.05, 0) is 61.0 Å². The molecule has 0 aromatic heterocycles. The van der Waals surface area contributed by atoms with Crippen LogP contribution in [0.5, 0.6) is 0 Å². The van der Waals surface area contributed by atoms with Crippen molar-refractivity contribution in [2.24, 2.45) is 0 Å². The van der Waals surface area contributed by atoms with Crippen molar-refractivity contribution in [2.75, 3.05) is 28.6 Å². The van der Waals surface area contributed by atoms with E-state index in [1.165, 1.54) is 12.1 Å². The van der Waals surface area contributed by atoms with Crippen LogP contribution < -0.4 is 20.9 Å². The Morgan fingerprint density at radius 1 is 0.952 bits per heavy atom. The maximum atomic E-state index is 13.9. The first-order valence-electron chi connectivity index (χ1n) is 12.9. The molecular formula is C30H27BrCl2F2N4O3. The third kappa shape index (κ3) is 7.67. The number of benzene rings is 3. The highest BCUT2D eigenvalue weighted by Gasteiger charge is 2.35. The number of anilines is 3. The Morgan fingerprint density at radius 3 is 2.21 bits per heavy atom. The van der Waals surface area contributed by atoms with Crippen LogP contribution in [0.25, 0.3) is 0 Å². The highest BCUT2D eigenvalue weighted by atomic mass is 79.9. The lowest BCUT2D eigenvalue weighted by Crippen LogP contribution is -2.40. The van der Waals surface area contributed by atoms with Crippen LogP contribution in [0.15, 0.2) is 71.2 Å². The predicted octanol–water partition coefficient (Wildman–Crippen LogP) is 7.69. The van der Waals surface area contributed by atoms with Crippen LogP contribution in [-0.4, -0.2) is 36.7 Å². The van der Waals surface area contributed by atoms with Crippen LogP contribution in [0.1, 0.15) is 46.0 Å². The van der Waals surface area contributed by atoms with Crippen LogP contribution in [-0.2, 0) is 11.3 Å². The second-order valence-electron chi connectivity index (χ2n) is 9.85. The van der Waals surface area contributed by atoms with E-state index in [0.29, 0.717) is 22.5 Å². The van der Waals surface area contributed by atoms with E-state index in [-0.39, 0.29) is 65.2 Å². The summed E-state index contributed by atoms with van der Waals surface area (Å²) in [7, 11) is 0. The molecule has 220 valence electrons. The van der Waals surface area contributed by atoms with E-state index in [2.05, 4.69) is 38.5 Å². The maximum absolute atomic E-state index is 13.9. The second kappa shape index (κ2) is 13.2. The predicted molar refractivity (Wildman–Crippen MR) is 166 cm³/mol. The van der Waals surface area contributed by atoms with Crippen molar-refractivity contribution >= 4 is 73.9 Å². The summed E-state index contributed by atoms with van der Waals surface area (Å²) in [6.45, 7) is 5.34. The van der Waals surface area contributed by atoms with Crippen LogP contribution in [0.3, 0.4) is 0 Å². The van der Waals surface area contributed by atoms with Crippen molar-refractivity contribution in [3.63, 3.8) is 0 Å². The number of hydrogen-bond donors (Lipinski definition) is 3. The minimum Gasteiger partial charge on any atom is -0.370 e. The molecule has 12 heteroatoms. The summed E-state index contributed by atoms with van der Waals surface area (Å²) >= 11 is 16.2. The molecule has 0 saturated carbocycles. The summed E-state index contributed by atoms with van der Waals surface area (Å²) in [6.07, 6.45) is -0.668. The zero-order valence-corrected chi connectivity index (χ0v) is 25.6. The van der Waals surface area contributed by atoms with E-state index in [1.54, 1.807) is 54.3 Å². The topological polar surface area (TPSA) is 90.5 Å². The molecule has 42 heavy (non-hydrogen) atoms. The zero-order chi connectivity index (χ0) is 30.6. The molecule has 1 fully saturated rings. The zero-order valence-electron chi connectivity index (χ0n) is 22.5. The highest BCUT2D eigenvalue weighted by Crippen LogP contribution is 2.34. The molecule has 3 amide bonds. The first-order valence-corrected chi connectivity index (χ1v) is 14.5. The largest absolute Gasteiger partial charge is 0.370 e. The molecule has 4 rings (SSSR count). The van der Waals surface area contributed by atoms with Crippen molar-refractivity contribution < 1.29 is 23.2 Å².